The summed E-state index contributed by atoms with van der Waals surface area (Å²) in [7, 11) is 0. The first-order chi connectivity index (χ1) is 6.45. The molecule has 4 nitrogen and oxygen atoms in total. The molecule has 0 amide bonds. The van der Waals surface area contributed by atoms with Crippen LogP contribution >= 0.6 is 0 Å². The minimum Gasteiger partial charge on any atom is -0.280 e. The van der Waals surface area contributed by atoms with Gasteiger partial charge in [-0.05, 0) is 18.2 Å². The first-order valence-corrected chi connectivity index (χ1v) is 3.97. The molecule has 0 aliphatic carbocycles. The highest BCUT2D eigenvalue weighted by molar-refractivity contribution is 5.80. The Kier molecular flexibility index (Phi) is 1.14. The third kappa shape index (κ3) is 0.823. The molecule has 13 heavy (non-hydrogen) atoms. The van der Waals surface area contributed by atoms with E-state index in [4.69, 9.17) is 0 Å². The molecule has 0 fully saturated rings. The van der Waals surface area contributed by atoms with Crippen molar-refractivity contribution in [2.24, 2.45) is 0 Å². The fourth-order valence-electron chi connectivity index (χ4n) is 1.45. The maximum Gasteiger partial charge on any atom is 0.161 e. The van der Waals surface area contributed by atoms with Crippen molar-refractivity contribution in [1.82, 2.24) is 19.6 Å². The molecule has 0 bridgehead atoms. The smallest absolute Gasteiger partial charge is 0.161 e. The summed E-state index contributed by atoms with van der Waals surface area (Å²) in [4.78, 5) is 4.07. The van der Waals surface area contributed by atoms with E-state index >= 15 is 0 Å². The summed E-state index contributed by atoms with van der Waals surface area (Å²) in [6.45, 7) is 0. The molecular weight excluding hydrogens is 164 g/mol. The van der Waals surface area contributed by atoms with E-state index in [1.807, 2.05) is 28.8 Å². The molecule has 3 rings (SSSR count). The lowest BCUT2D eigenvalue weighted by molar-refractivity contribution is 1.11. The molecule has 3 heterocycles. The van der Waals surface area contributed by atoms with Crippen LogP contribution in [0.2, 0.25) is 0 Å². The molecule has 0 atom stereocenters. The Hall–Kier alpha value is -1.97. The third-order valence-electron chi connectivity index (χ3n) is 2.08. The minimum atomic E-state index is 0.848. The van der Waals surface area contributed by atoms with Crippen LogP contribution in [-0.4, -0.2) is 19.6 Å². The molecule has 0 unspecified atom stereocenters. The molecule has 3 aromatic heterocycles. The summed E-state index contributed by atoms with van der Waals surface area (Å²) in [5.41, 5.74) is 1.88. The Morgan fingerprint density at radius 1 is 1.15 bits per heavy atom. The lowest BCUT2D eigenvalue weighted by Gasteiger charge is -1.98. The van der Waals surface area contributed by atoms with Crippen molar-refractivity contribution in [3.8, 4) is 0 Å². The van der Waals surface area contributed by atoms with Crippen LogP contribution in [-0.2, 0) is 0 Å². The van der Waals surface area contributed by atoms with E-state index in [9.17, 15) is 0 Å². The summed E-state index contributed by atoms with van der Waals surface area (Å²) in [5.74, 6) is 0. The van der Waals surface area contributed by atoms with Crippen LogP contribution in [0.1, 0.15) is 0 Å². The van der Waals surface area contributed by atoms with Gasteiger partial charge in [0.1, 0.15) is 6.33 Å². The first-order valence-electron chi connectivity index (χ1n) is 3.97. The summed E-state index contributed by atoms with van der Waals surface area (Å²) < 4.78 is 1.92. The predicted molar refractivity (Wildman–Crippen MR) is 48.3 cm³/mol. The van der Waals surface area contributed by atoms with Gasteiger partial charge < -0.3 is 0 Å². The van der Waals surface area contributed by atoms with E-state index in [2.05, 4.69) is 15.2 Å². The maximum atomic E-state index is 4.07. The molecule has 0 saturated heterocycles. The molecule has 0 aliphatic heterocycles. The second-order valence-corrected chi connectivity index (χ2v) is 2.83. The molecule has 4 heteroatoms. The molecular formula is C9H6N4. The highest BCUT2D eigenvalue weighted by Crippen LogP contribution is 2.13. The quantitative estimate of drug-likeness (QED) is 0.510. The van der Waals surface area contributed by atoms with Gasteiger partial charge in [-0.25, -0.2) is 0 Å². The SMILES string of the molecule is c1cc2ccc3nncn3c2cn1. The molecule has 0 N–H and O–H groups in total. The first kappa shape index (κ1) is 6.54. The molecule has 62 valence electrons. The van der Waals surface area contributed by atoms with Gasteiger partial charge in [-0.1, -0.05) is 0 Å². The summed E-state index contributed by atoms with van der Waals surface area (Å²) in [5, 5.41) is 8.93. The second kappa shape index (κ2) is 2.26. The van der Waals surface area contributed by atoms with Crippen molar-refractivity contribution in [2.75, 3.05) is 0 Å². The standard InChI is InChI=1S/C9H6N4/c1-2-9-12-11-6-13(9)8-5-10-4-3-7(1)8/h1-6H. The number of hydrogen-bond acceptors (Lipinski definition) is 3. The highest BCUT2D eigenvalue weighted by atomic mass is 15.2. The van der Waals surface area contributed by atoms with E-state index in [-0.39, 0.29) is 0 Å². The van der Waals surface area contributed by atoms with Gasteiger partial charge in [-0.2, -0.15) is 0 Å². The van der Waals surface area contributed by atoms with Gasteiger partial charge in [-0.15, -0.1) is 10.2 Å². The average Bonchev–Trinajstić information content (AvgIpc) is 2.65. The van der Waals surface area contributed by atoms with E-state index in [0.717, 1.165) is 16.6 Å². The van der Waals surface area contributed by atoms with Crippen molar-refractivity contribution >= 4 is 16.6 Å². The van der Waals surface area contributed by atoms with Crippen molar-refractivity contribution in [2.45, 2.75) is 0 Å². The molecule has 0 aromatic carbocycles. The van der Waals surface area contributed by atoms with Gasteiger partial charge >= 0.3 is 0 Å². The van der Waals surface area contributed by atoms with Gasteiger partial charge in [0.2, 0.25) is 0 Å². The van der Waals surface area contributed by atoms with Crippen LogP contribution in [0, 0.1) is 0 Å². The number of hydrogen-bond donors (Lipinski definition) is 0. The maximum absolute atomic E-state index is 4.07. The monoisotopic (exact) mass is 170 g/mol. The van der Waals surface area contributed by atoms with Crippen LogP contribution < -0.4 is 0 Å². The lowest BCUT2D eigenvalue weighted by atomic mass is 10.2. The third-order valence-corrected chi connectivity index (χ3v) is 2.08. The molecule has 0 radical (unpaired) electrons. The number of pyridine rings is 2. The summed E-state index contributed by atoms with van der Waals surface area (Å²) >= 11 is 0. The van der Waals surface area contributed by atoms with E-state index < -0.39 is 0 Å². The van der Waals surface area contributed by atoms with Crippen LogP contribution in [0.25, 0.3) is 16.6 Å². The van der Waals surface area contributed by atoms with Gasteiger partial charge in [0.25, 0.3) is 0 Å². The fraction of sp³-hybridized carbons (Fsp3) is 0. The van der Waals surface area contributed by atoms with Crippen molar-refractivity contribution in [3.63, 3.8) is 0 Å². The second-order valence-electron chi connectivity index (χ2n) is 2.83. The zero-order chi connectivity index (χ0) is 8.67. The van der Waals surface area contributed by atoms with Crippen molar-refractivity contribution in [3.05, 3.63) is 36.9 Å². The zero-order valence-corrected chi connectivity index (χ0v) is 6.75. The molecule has 0 spiro atoms. The Balaban J connectivity index is 2.65. The number of rotatable bonds is 0. The average molecular weight is 170 g/mol. The minimum absolute atomic E-state index is 0.848. The fourth-order valence-corrected chi connectivity index (χ4v) is 1.45. The Bertz CT molecular complexity index is 570. The van der Waals surface area contributed by atoms with Gasteiger partial charge in [0.05, 0.1) is 11.7 Å². The van der Waals surface area contributed by atoms with Crippen LogP contribution in [0.15, 0.2) is 36.9 Å². The Labute approximate surface area is 73.9 Å². The number of aromatic nitrogens is 4. The van der Waals surface area contributed by atoms with Crippen LogP contribution in [0.3, 0.4) is 0 Å². The van der Waals surface area contributed by atoms with E-state index in [0.29, 0.717) is 0 Å². The van der Waals surface area contributed by atoms with Gasteiger partial charge in [0, 0.05) is 11.6 Å². The van der Waals surface area contributed by atoms with Gasteiger partial charge in [0.15, 0.2) is 5.65 Å². The highest BCUT2D eigenvalue weighted by Gasteiger charge is 1.99. The predicted octanol–water partition coefficient (Wildman–Crippen LogP) is 1.28. The molecule has 0 saturated carbocycles. The number of nitrogens with zero attached hydrogens (tertiary/aromatic N) is 4. The summed E-state index contributed by atoms with van der Waals surface area (Å²) in [6, 6.07) is 5.92. The largest absolute Gasteiger partial charge is 0.280 e. The number of fused-ring (bicyclic) bond motifs is 3. The van der Waals surface area contributed by atoms with Crippen molar-refractivity contribution in [1.29, 1.82) is 0 Å². The Morgan fingerprint density at radius 3 is 3.15 bits per heavy atom. The molecule has 0 aliphatic rings. The van der Waals surface area contributed by atoms with E-state index in [1.54, 1.807) is 12.5 Å². The molecule has 3 aromatic rings. The normalized spacial score (nSPS) is 11.1. The van der Waals surface area contributed by atoms with Crippen LogP contribution in [0.4, 0.5) is 0 Å². The summed E-state index contributed by atoms with van der Waals surface area (Å²) in [6.07, 6.45) is 5.28. The lowest BCUT2D eigenvalue weighted by Crippen LogP contribution is -1.86. The Morgan fingerprint density at radius 2 is 2.15 bits per heavy atom. The zero-order valence-electron chi connectivity index (χ0n) is 6.75. The topological polar surface area (TPSA) is 43.1 Å². The van der Waals surface area contributed by atoms with Crippen LogP contribution in [0.5, 0.6) is 0 Å². The van der Waals surface area contributed by atoms with Crippen molar-refractivity contribution < 1.29 is 0 Å². The van der Waals surface area contributed by atoms with E-state index in [1.165, 1.54) is 0 Å². The van der Waals surface area contributed by atoms with Gasteiger partial charge in [-0.3, -0.25) is 9.38 Å².